The fourth-order valence-corrected chi connectivity index (χ4v) is 2.24. The summed E-state index contributed by atoms with van der Waals surface area (Å²) < 4.78 is 73.2. The van der Waals surface area contributed by atoms with Crippen molar-refractivity contribution in [3.8, 4) is 0 Å². The predicted octanol–water partition coefficient (Wildman–Crippen LogP) is 2.05. The number of hydrogen-bond donors (Lipinski definition) is 2. The van der Waals surface area contributed by atoms with Crippen LogP contribution in [0.15, 0.2) is 0 Å². The number of halogens is 6. The van der Waals surface area contributed by atoms with Crippen molar-refractivity contribution in [3.05, 3.63) is 0 Å². The normalized spacial score (nSPS) is 19.0. The molecular formula is C11H14F6N2O2. The number of rotatable bonds is 3. The van der Waals surface area contributed by atoms with Crippen LogP contribution in [0.2, 0.25) is 0 Å². The highest BCUT2D eigenvalue weighted by molar-refractivity contribution is 5.83. The molecule has 0 saturated heterocycles. The highest BCUT2D eigenvalue weighted by atomic mass is 19.4. The third-order valence-corrected chi connectivity index (χ3v) is 3.29. The van der Waals surface area contributed by atoms with E-state index in [1.807, 2.05) is 0 Å². The lowest BCUT2D eigenvalue weighted by Gasteiger charge is -2.38. The quantitative estimate of drug-likeness (QED) is 0.782. The topological polar surface area (TPSA) is 58.2 Å². The SMILES string of the molecule is O=C(NCC1(NC(=O)C(F)(F)F)CCCCC1)C(F)(F)F. The second kappa shape index (κ2) is 6.10. The zero-order chi connectivity index (χ0) is 16.3. The Morgan fingerprint density at radius 1 is 0.857 bits per heavy atom. The Labute approximate surface area is 116 Å². The molecule has 0 heterocycles. The molecule has 0 atom stereocenters. The molecule has 1 saturated carbocycles. The van der Waals surface area contributed by atoms with Gasteiger partial charge in [0.2, 0.25) is 0 Å². The third kappa shape index (κ3) is 5.09. The zero-order valence-electron chi connectivity index (χ0n) is 10.8. The first-order valence-electron chi connectivity index (χ1n) is 6.21. The monoisotopic (exact) mass is 320 g/mol. The van der Waals surface area contributed by atoms with E-state index in [1.165, 1.54) is 0 Å². The molecule has 0 aliphatic heterocycles. The van der Waals surface area contributed by atoms with Gasteiger partial charge in [0.1, 0.15) is 0 Å². The van der Waals surface area contributed by atoms with E-state index in [9.17, 15) is 35.9 Å². The van der Waals surface area contributed by atoms with Crippen LogP contribution in [-0.2, 0) is 9.59 Å². The van der Waals surface area contributed by atoms with E-state index in [2.05, 4.69) is 0 Å². The van der Waals surface area contributed by atoms with Gasteiger partial charge in [0, 0.05) is 6.54 Å². The Morgan fingerprint density at radius 2 is 1.33 bits per heavy atom. The first-order chi connectivity index (χ1) is 9.46. The van der Waals surface area contributed by atoms with Crippen LogP contribution < -0.4 is 10.6 Å². The first-order valence-corrected chi connectivity index (χ1v) is 6.21. The third-order valence-electron chi connectivity index (χ3n) is 3.29. The lowest BCUT2D eigenvalue weighted by Crippen LogP contribution is -2.60. The molecular weight excluding hydrogens is 306 g/mol. The van der Waals surface area contributed by atoms with Crippen molar-refractivity contribution < 1.29 is 35.9 Å². The van der Waals surface area contributed by atoms with Gasteiger partial charge in [-0.25, -0.2) is 0 Å². The standard InChI is InChI=1S/C11H14F6N2O2/c12-10(13,14)7(20)18-6-9(4-2-1-3-5-9)19-8(21)11(15,16)17/h1-6H2,(H,18,20)(H,19,21). The molecule has 1 rings (SSSR count). The minimum absolute atomic E-state index is 0.0763. The minimum Gasteiger partial charge on any atom is -0.346 e. The fourth-order valence-electron chi connectivity index (χ4n) is 2.24. The van der Waals surface area contributed by atoms with E-state index >= 15 is 0 Å². The smallest absolute Gasteiger partial charge is 0.346 e. The van der Waals surface area contributed by atoms with Crippen LogP contribution in [0.5, 0.6) is 0 Å². The van der Waals surface area contributed by atoms with Crippen molar-refractivity contribution in [2.24, 2.45) is 0 Å². The molecule has 0 radical (unpaired) electrons. The van der Waals surface area contributed by atoms with Gasteiger partial charge in [-0.05, 0) is 12.8 Å². The second-order valence-electron chi connectivity index (χ2n) is 4.97. The summed E-state index contributed by atoms with van der Waals surface area (Å²) in [4.78, 5) is 21.8. The predicted molar refractivity (Wildman–Crippen MR) is 59.1 cm³/mol. The first kappa shape index (κ1) is 17.6. The van der Waals surface area contributed by atoms with Gasteiger partial charge in [-0.3, -0.25) is 9.59 Å². The second-order valence-corrected chi connectivity index (χ2v) is 4.97. The van der Waals surface area contributed by atoms with Gasteiger partial charge in [0.25, 0.3) is 0 Å². The number of alkyl halides is 6. The molecule has 0 bridgehead atoms. The maximum atomic E-state index is 12.3. The van der Waals surface area contributed by atoms with Gasteiger partial charge in [0.05, 0.1) is 5.54 Å². The molecule has 0 unspecified atom stereocenters. The van der Waals surface area contributed by atoms with E-state index in [0.717, 1.165) is 0 Å². The summed E-state index contributed by atoms with van der Waals surface area (Å²) in [7, 11) is 0. The van der Waals surface area contributed by atoms with Crippen LogP contribution in [0.3, 0.4) is 0 Å². The van der Waals surface area contributed by atoms with Gasteiger partial charge in [-0.2, -0.15) is 26.3 Å². The molecule has 21 heavy (non-hydrogen) atoms. The van der Waals surface area contributed by atoms with E-state index < -0.39 is 36.3 Å². The number of nitrogens with one attached hydrogen (secondary N) is 2. The molecule has 0 aromatic rings. The van der Waals surface area contributed by atoms with Crippen molar-refractivity contribution in [2.45, 2.75) is 50.0 Å². The number of carbonyl (C=O) groups excluding carboxylic acids is 2. The summed E-state index contributed by atoms with van der Waals surface area (Å²) >= 11 is 0. The average Bonchev–Trinajstić information content (AvgIpc) is 2.35. The van der Waals surface area contributed by atoms with Crippen LogP contribution >= 0.6 is 0 Å². The Bertz CT molecular complexity index is 398. The van der Waals surface area contributed by atoms with Crippen molar-refractivity contribution in [1.82, 2.24) is 10.6 Å². The lowest BCUT2D eigenvalue weighted by molar-refractivity contribution is -0.177. The maximum absolute atomic E-state index is 12.3. The van der Waals surface area contributed by atoms with Gasteiger partial charge < -0.3 is 10.6 Å². The molecule has 1 aliphatic carbocycles. The van der Waals surface area contributed by atoms with Gasteiger partial charge in [-0.15, -0.1) is 0 Å². The fraction of sp³-hybridized carbons (Fsp3) is 0.818. The van der Waals surface area contributed by atoms with Crippen molar-refractivity contribution in [1.29, 1.82) is 0 Å². The molecule has 0 aromatic carbocycles. The van der Waals surface area contributed by atoms with Crippen LogP contribution in [0, 0.1) is 0 Å². The molecule has 4 nitrogen and oxygen atoms in total. The summed E-state index contributed by atoms with van der Waals surface area (Å²) in [5, 5.41) is 3.28. The average molecular weight is 320 g/mol. The molecule has 2 N–H and O–H groups in total. The molecule has 1 fully saturated rings. The molecule has 0 aromatic heterocycles. The van der Waals surface area contributed by atoms with Gasteiger partial charge in [0.15, 0.2) is 0 Å². The summed E-state index contributed by atoms with van der Waals surface area (Å²) in [6, 6.07) is 0. The van der Waals surface area contributed by atoms with Crippen molar-refractivity contribution in [3.63, 3.8) is 0 Å². The number of carbonyl (C=O) groups is 2. The van der Waals surface area contributed by atoms with Crippen molar-refractivity contribution >= 4 is 11.8 Å². The summed E-state index contributed by atoms with van der Waals surface area (Å²) in [6.45, 7) is -0.687. The molecule has 1 aliphatic rings. The Kier molecular flexibility index (Phi) is 5.11. The van der Waals surface area contributed by atoms with Crippen LogP contribution in [0.4, 0.5) is 26.3 Å². The minimum atomic E-state index is -5.13. The Hall–Kier alpha value is -1.48. The van der Waals surface area contributed by atoms with Crippen molar-refractivity contribution in [2.75, 3.05) is 6.54 Å². The summed E-state index contributed by atoms with van der Waals surface area (Å²) in [5.41, 5.74) is -1.49. The molecule has 2 amide bonds. The van der Waals surface area contributed by atoms with E-state index in [4.69, 9.17) is 0 Å². The largest absolute Gasteiger partial charge is 0.471 e. The Morgan fingerprint density at radius 3 is 1.76 bits per heavy atom. The molecule has 0 spiro atoms. The summed E-state index contributed by atoms with van der Waals surface area (Å²) in [5.74, 6) is -4.46. The Balaban J connectivity index is 2.75. The number of hydrogen-bond acceptors (Lipinski definition) is 2. The van der Waals surface area contributed by atoms with Gasteiger partial charge in [-0.1, -0.05) is 19.3 Å². The summed E-state index contributed by atoms with van der Waals surface area (Å²) in [6.07, 6.45) is -8.47. The number of amides is 2. The van der Waals surface area contributed by atoms with E-state index in [0.29, 0.717) is 19.3 Å². The van der Waals surface area contributed by atoms with E-state index in [-0.39, 0.29) is 12.8 Å². The van der Waals surface area contributed by atoms with Crippen LogP contribution in [0.1, 0.15) is 32.1 Å². The van der Waals surface area contributed by atoms with Gasteiger partial charge >= 0.3 is 24.2 Å². The molecule has 122 valence electrons. The highest BCUT2D eigenvalue weighted by Crippen LogP contribution is 2.29. The zero-order valence-corrected chi connectivity index (χ0v) is 10.8. The van der Waals surface area contributed by atoms with Crippen LogP contribution in [-0.4, -0.2) is 36.3 Å². The maximum Gasteiger partial charge on any atom is 0.471 e. The van der Waals surface area contributed by atoms with Crippen LogP contribution in [0.25, 0.3) is 0 Å². The lowest BCUT2D eigenvalue weighted by atomic mass is 9.81. The van der Waals surface area contributed by atoms with E-state index in [1.54, 1.807) is 10.6 Å². The highest BCUT2D eigenvalue weighted by Gasteiger charge is 2.46. The molecule has 10 heteroatoms.